The molecule has 0 bridgehead atoms. The quantitative estimate of drug-likeness (QED) is 0.878. The van der Waals surface area contributed by atoms with Gasteiger partial charge in [0.15, 0.2) is 0 Å². The molecule has 3 nitrogen and oxygen atoms in total. The van der Waals surface area contributed by atoms with Gasteiger partial charge in [-0.25, -0.2) is 0 Å². The van der Waals surface area contributed by atoms with Gasteiger partial charge in [0.05, 0.1) is 17.4 Å². The summed E-state index contributed by atoms with van der Waals surface area (Å²) in [5.74, 6) is 0. The average Bonchev–Trinajstić information content (AvgIpc) is 3.00. The minimum atomic E-state index is 0.539. The fourth-order valence-electron chi connectivity index (χ4n) is 3.97. The van der Waals surface area contributed by atoms with E-state index in [1.54, 1.807) is 0 Å². The van der Waals surface area contributed by atoms with Crippen molar-refractivity contribution in [1.29, 1.82) is 0 Å². The van der Waals surface area contributed by atoms with Crippen molar-refractivity contribution in [2.45, 2.75) is 44.6 Å². The van der Waals surface area contributed by atoms with Crippen LogP contribution >= 0.6 is 11.6 Å². The van der Waals surface area contributed by atoms with Gasteiger partial charge in [-0.1, -0.05) is 30.2 Å². The molecule has 0 saturated carbocycles. The molecule has 2 aliphatic rings. The molecule has 2 heterocycles. The molecule has 0 amide bonds. The van der Waals surface area contributed by atoms with E-state index in [2.05, 4.69) is 27.2 Å². The largest absolute Gasteiger partial charge is 0.295 e. The highest BCUT2D eigenvalue weighted by Gasteiger charge is 2.30. The van der Waals surface area contributed by atoms with Gasteiger partial charge in [-0.3, -0.25) is 10.00 Å². The van der Waals surface area contributed by atoms with E-state index in [4.69, 9.17) is 11.6 Å². The molecule has 1 saturated heterocycles. The molecule has 1 atom stereocenters. The van der Waals surface area contributed by atoms with Crippen molar-refractivity contribution in [2.75, 3.05) is 13.1 Å². The lowest BCUT2D eigenvalue weighted by atomic mass is 9.88. The number of rotatable bonds is 2. The molecule has 0 spiro atoms. The molecule has 1 aliphatic carbocycles. The third-order valence-electron chi connectivity index (χ3n) is 5.09. The summed E-state index contributed by atoms with van der Waals surface area (Å²) < 4.78 is 0. The van der Waals surface area contributed by atoms with E-state index < -0.39 is 0 Å². The zero-order valence-corrected chi connectivity index (χ0v) is 13.6. The number of aromatic amines is 1. The minimum Gasteiger partial charge on any atom is -0.295 e. The lowest BCUT2D eigenvalue weighted by Gasteiger charge is -2.36. The molecule has 1 aromatic carbocycles. The number of nitrogens with one attached hydrogen (secondary N) is 1. The summed E-state index contributed by atoms with van der Waals surface area (Å²) in [4.78, 5) is 2.66. The van der Waals surface area contributed by atoms with Gasteiger partial charge in [-0.05, 0) is 57.3 Å². The smallest absolute Gasteiger partial charge is 0.0956 e. The molecule has 1 fully saturated rings. The summed E-state index contributed by atoms with van der Waals surface area (Å²) in [6.45, 7) is 2.47. The zero-order chi connectivity index (χ0) is 14.9. The van der Waals surface area contributed by atoms with Gasteiger partial charge in [-0.15, -0.1) is 0 Å². The van der Waals surface area contributed by atoms with Crippen LogP contribution in [-0.2, 0) is 6.42 Å². The Labute approximate surface area is 136 Å². The highest BCUT2D eigenvalue weighted by molar-refractivity contribution is 6.30. The number of H-pyrrole nitrogens is 1. The minimum absolute atomic E-state index is 0.539. The fraction of sp³-hybridized carbons (Fsp3) is 0.500. The fourth-order valence-corrected chi connectivity index (χ4v) is 4.09. The average molecular weight is 316 g/mol. The van der Waals surface area contributed by atoms with E-state index in [1.165, 1.54) is 62.0 Å². The maximum absolute atomic E-state index is 6.01. The Morgan fingerprint density at radius 1 is 1.05 bits per heavy atom. The lowest BCUT2D eigenvalue weighted by Crippen LogP contribution is -2.35. The van der Waals surface area contributed by atoms with Crippen LogP contribution < -0.4 is 0 Å². The summed E-state index contributed by atoms with van der Waals surface area (Å²) in [5.41, 5.74) is 5.07. The number of hydrogen-bond acceptors (Lipinski definition) is 2. The molecule has 116 valence electrons. The first-order chi connectivity index (χ1) is 10.8. The Hall–Kier alpha value is -1.32. The normalized spacial score (nSPS) is 22.5. The molecular weight excluding hydrogens is 294 g/mol. The van der Waals surface area contributed by atoms with E-state index in [-0.39, 0.29) is 0 Å². The van der Waals surface area contributed by atoms with Crippen molar-refractivity contribution in [3.63, 3.8) is 0 Å². The predicted molar refractivity (Wildman–Crippen MR) is 90.1 cm³/mol. The molecule has 2 aromatic rings. The van der Waals surface area contributed by atoms with Gasteiger partial charge in [0.2, 0.25) is 0 Å². The summed E-state index contributed by atoms with van der Waals surface area (Å²) in [6.07, 6.45) is 7.71. The number of halogens is 1. The molecular formula is C18H22ClN3. The van der Waals surface area contributed by atoms with Crippen molar-refractivity contribution in [1.82, 2.24) is 15.1 Å². The number of hydrogen-bond donors (Lipinski definition) is 1. The Balaban J connectivity index is 1.67. The van der Waals surface area contributed by atoms with Gasteiger partial charge in [-0.2, -0.15) is 5.10 Å². The van der Waals surface area contributed by atoms with Crippen molar-refractivity contribution >= 4 is 11.6 Å². The van der Waals surface area contributed by atoms with Gasteiger partial charge < -0.3 is 0 Å². The van der Waals surface area contributed by atoms with Crippen LogP contribution in [-0.4, -0.2) is 28.2 Å². The third-order valence-corrected chi connectivity index (χ3v) is 5.34. The van der Waals surface area contributed by atoms with E-state index in [0.717, 1.165) is 17.1 Å². The van der Waals surface area contributed by atoms with E-state index in [9.17, 15) is 0 Å². The standard InChI is InChI=1S/C18H22ClN3/c19-14-9-7-13(8-10-14)17-15-5-4-6-16(18(15)21-20-17)22-11-2-1-3-12-22/h7-10,16H,1-6,11-12H2,(H,20,21). The Morgan fingerprint density at radius 2 is 1.82 bits per heavy atom. The second-order valence-corrected chi connectivity index (χ2v) is 6.91. The second kappa shape index (κ2) is 6.05. The Morgan fingerprint density at radius 3 is 2.59 bits per heavy atom. The maximum Gasteiger partial charge on any atom is 0.0956 e. The van der Waals surface area contributed by atoms with Gasteiger partial charge in [0.1, 0.15) is 0 Å². The molecule has 1 unspecified atom stereocenters. The van der Waals surface area contributed by atoms with Crippen molar-refractivity contribution in [3.8, 4) is 11.3 Å². The topological polar surface area (TPSA) is 31.9 Å². The van der Waals surface area contributed by atoms with E-state index >= 15 is 0 Å². The number of nitrogens with zero attached hydrogens (tertiary/aromatic N) is 2. The summed E-state index contributed by atoms with van der Waals surface area (Å²) in [5, 5.41) is 8.79. The highest BCUT2D eigenvalue weighted by Crippen LogP contribution is 2.38. The van der Waals surface area contributed by atoms with Crippen LogP contribution in [0.3, 0.4) is 0 Å². The van der Waals surface area contributed by atoms with Crippen LogP contribution in [0.2, 0.25) is 5.02 Å². The molecule has 22 heavy (non-hydrogen) atoms. The molecule has 4 heteroatoms. The van der Waals surface area contributed by atoms with Gasteiger partial charge >= 0.3 is 0 Å². The van der Waals surface area contributed by atoms with Crippen molar-refractivity contribution < 1.29 is 0 Å². The number of likely N-dealkylation sites (tertiary alicyclic amines) is 1. The predicted octanol–water partition coefficient (Wildman–Crippen LogP) is 4.59. The summed E-state index contributed by atoms with van der Waals surface area (Å²) in [6, 6.07) is 8.58. The number of fused-ring (bicyclic) bond motifs is 1. The Bertz CT molecular complexity index is 641. The molecule has 0 radical (unpaired) electrons. The van der Waals surface area contributed by atoms with E-state index in [0.29, 0.717) is 6.04 Å². The molecule has 1 aliphatic heterocycles. The number of benzene rings is 1. The SMILES string of the molecule is Clc1ccc(-c2n[nH]c3c2CCCC3N2CCCCC2)cc1. The van der Waals surface area contributed by atoms with Crippen molar-refractivity contribution in [3.05, 3.63) is 40.5 Å². The Kier molecular flexibility index (Phi) is 3.93. The second-order valence-electron chi connectivity index (χ2n) is 6.48. The third kappa shape index (κ3) is 2.57. The number of aromatic nitrogens is 2. The van der Waals surface area contributed by atoms with Crippen molar-refractivity contribution in [2.24, 2.45) is 0 Å². The van der Waals surface area contributed by atoms with Crippen LogP contribution in [0.5, 0.6) is 0 Å². The zero-order valence-electron chi connectivity index (χ0n) is 12.8. The summed E-state index contributed by atoms with van der Waals surface area (Å²) in [7, 11) is 0. The monoisotopic (exact) mass is 315 g/mol. The van der Waals surface area contributed by atoms with Gasteiger partial charge in [0.25, 0.3) is 0 Å². The first-order valence-corrected chi connectivity index (χ1v) is 8.78. The van der Waals surface area contributed by atoms with Gasteiger partial charge in [0, 0.05) is 16.1 Å². The van der Waals surface area contributed by atoms with E-state index in [1.807, 2.05) is 12.1 Å². The molecule has 4 rings (SSSR count). The van der Waals surface area contributed by atoms with Crippen LogP contribution in [0.25, 0.3) is 11.3 Å². The number of piperidine rings is 1. The molecule has 1 aromatic heterocycles. The lowest BCUT2D eigenvalue weighted by molar-refractivity contribution is 0.145. The highest BCUT2D eigenvalue weighted by atomic mass is 35.5. The maximum atomic E-state index is 6.01. The first kappa shape index (κ1) is 14.3. The summed E-state index contributed by atoms with van der Waals surface area (Å²) >= 11 is 6.01. The van der Waals surface area contributed by atoms with Crippen LogP contribution in [0.1, 0.15) is 49.4 Å². The first-order valence-electron chi connectivity index (χ1n) is 8.40. The van der Waals surface area contributed by atoms with Crippen LogP contribution in [0.4, 0.5) is 0 Å². The van der Waals surface area contributed by atoms with Crippen LogP contribution in [0, 0.1) is 0 Å². The van der Waals surface area contributed by atoms with Crippen LogP contribution in [0.15, 0.2) is 24.3 Å². The molecule has 1 N–H and O–H groups in total.